The van der Waals surface area contributed by atoms with Gasteiger partial charge >= 0.3 is 5.82 Å². The smallest absolute Gasteiger partial charge is 0.331 e. The number of aromatic nitrogens is 14. The third-order valence-electron chi connectivity index (χ3n) is 11.7. The largest absolute Gasteiger partial charge is 0.350 e. The first-order valence-electron chi connectivity index (χ1n) is 19.1. The fourth-order valence-corrected chi connectivity index (χ4v) is 8.54. The van der Waals surface area contributed by atoms with Crippen LogP contribution in [0.15, 0.2) is 67.1 Å². The van der Waals surface area contributed by atoms with Crippen molar-refractivity contribution < 1.29 is 4.57 Å². The summed E-state index contributed by atoms with van der Waals surface area (Å²) in [5, 5.41) is 12.0. The number of aryl methyl sites for hydroxylation is 8. The third kappa shape index (κ3) is 4.80. The molecule has 8 aromatic heterocycles. The van der Waals surface area contributed by atoms with Gasteiger partial charge in [-0.05, 0) is 87.1 Å². The Balaban J connectivity index is 0.891. The fraction of sp³-hybridized carbons (Fsp3) is 0.286. The molecule has 0 aliphatic heterocycles. The Morgan fingerprint density at radius 1 is 0.714 bits per heavy atom. The predicted molar refractivity (Wildman–Crippen MR) is 212 cm³/mol. The molecular weight excluding hydrogens is 701 g/mol. The molecule has 0 N–H and O–H groups in total. The van der Waals surface area contributed by atoms with Crippen LogP contribution in [-0.4, -0.2) is 63.3 Å². The van der Waals surface area contributed by atoms with E-state index < -0.39 is 0 Å². The van der Waals surface area contributed by atoms with Gasteiger partial charge in [0.2, 0.25) is 5.65 Å². The average Bonchev–Trinajstić information content (AvgIpc) is 3.50. The number of benzene rings is 2. The van der Waals surface area contributed by atoms with Gasteiger partial charge in [-0.15, -0.1) is 0 Å². The van der Waals surface area contributed by atoms with Crippen molar-refractivity contribution >= 4 is 55.2 Å². The molecule has 2 unspecified atom stereocenters. The van der Waals surface area contributed by atoms with E-state index in [0.717, 1.165) is 133 Å². The summed E-state index contributed by atoms with van der Waals surface area (Å²) < 4.78 is 10.4. The molecule has 14 heteroatoms. The highest BCUT2D eigenvalue weighted by Gasteiger charge is 2.45. The number of imidazole rings is 2. The molecule has 10 aromatic rings. The normalized spacial score (nSPS) is 15.8. The average molecular weight is 740 g/mol. The standard InChI is InChI=1S/C42H39N14/c1-22-21-44-23(2)39-49-38(51-55(22)39)28-20-29(28)42-48-37-27-11-9-19-54(31(27)16-17-33(37)53(42)6)41-25(4)56-40(24(3)45-41)46-34(50-56)12-7-13-35-47-36-26-10-8-18-43-30(26)14-15-32(36)52(35)5/h8-11,14-19,21,28-29H,7,12-13,20H2,1-6H3/q+1. The van der Waals surface area contributed by atoms with E-state index in [4.69, 9.17) is 35.1 Å². The molecule has 1 aliphatic rings. The molecule has 1 aliphatic carbocycles. The molecule has 0 saturated heterocycles. The molecule has 56 heavy (non-hydrogen) atoms. The van der Waals surface area contributed by atoms with E-state index in [-0.39, 0.29) is 11.8 Å². The molecule has 2 atom stereocenters. The van der Waals surface area contributed by atoms with Gasteiger partial charge in [0.15, 0.2) is 23.0 Å². The van der Waals surface area contributed by atoms with Gasteiger partial charge in [0, 0.05) is 68.9 Å². The minimum atomic E-state index is 0.225. The van der Waals surface area contributed by atoms with Crippen LogP contribution in [0, 0.1) is 27.7 Å². The van der Waals surface area contributed by atoms with Crippen molar-refractivity contribution in [3.63, 3.8) is 0 Å². The Morgan fingerprint density at radius 2 is 1.52 bits per heavy atom. The number of pyridine rings is 2. The number of hydrogen-bond donors (Lipinski definition) is 0. The lowest BCUT2D eigenvalue weighted by molar-refractivity contribution is -0.572. The van der Waals surface area contributed by atoms with Gasteiger partial charge in [-0.25, -0.2) is 29.0 Å². The van der Waals surface area contributed by atoms with Crippen molar-refractivity contribution in [1.29, 1.82) is 0 Å². The molecule has 0 bridgehead atoms. The third-order valence-corrected chi connectivity index (χ3v) is 11.7. The van der Waals surface area contributed by atoms with E-state index in [1.807, 2.05) is 48.3 Å². The number of rotatable bonds is 7. The lowest BCUT2D eigenvalue weighted by atomic mass is 10.1. The second kappa shape index (κ2) is 11.9. The van der Waals surface area contributed by atoms with Crippen molar-refractivity contribution in [1.82, 2.24) is 63.3 Å². The Bertz CT molecular complexity index is 3220. The maximum absolute atomic E-state index is 5.29. The zero-order valence-corrected chi connectivity index (χ0v) is 32.1. The number of hydrogen-bond acceptors (Lipinski definition) is 9. The van der Waals surface area contributed by atoms with E-state index >= 15 is 0 Å². The second-order valence-electron chi connectivity index (χ2n) is 15.2. The maximum Gasteiger partial charge on any atom is 0.350 e. The summed E-state index contributed by atoms with van der Waals surface area (Å²) in [5.74, 6) is 5.05. The first-order chi connectivity index (χ1) is 27.2. The van der Waals surface area contributed by atoms with Crippen molar-refractivity contribution in [2.45, 2.75) is 65.2 Å². The lowest BCUT2D eigenvalue weighted by Gasteiger charge is -2.07. The summed E-state index contributed by atoms with van der Waals surface area (Å²) in [4.78, 5) is 34.3. The van der Waals surface area contributed by atoms with Crippen LogP contribution in [-0.2, 0) is 26.9 Å². The molecular formula is C42H39N14+. The van der Waals surface area contributed by atoms with Gasteiger partial charge in [-0.2, -0.15) is 14.8 Å². The van der Waals surface area contributed by atoms with Crippen LogP contribution >= 0.6 is 0 Å². The Morgan fingerprint density at radius 3 is 2.39 bits per heavy atom. The summed E-state index contributed by atoms with van der Waals surface area (Å²) in [6.45, 7) is 8.06. The molecule has 1 fully saturated rings. The van der Waals surface area contributed by atoms with Crippen LogP contribution in [0.1, 0.15) is 70.8 Å². The number of fused-ring (bicyclic) bond motifs is 8. The summed E-state index contributed by atoms with van der Waals surface area (Å²) in [6.07, 6.45) is 9.12. The Kier molecular flexibility index (Phi) is 6.95. The van der Waals surface area contributed by atoms with Gasteiger partial charge in [-0.3, -0.25) is 9.97 Å². The summed E-state index contributed by atoms with van der Waals surface area (Å²) in [7, 11) is 4.20. The van der Waals surface area contributed by atoms with Gasteiger partial charge in [0.05, 0.1) is 39.7 Å². The predicted octanol–water partition coefficient (Wildman–Crippen LogP) is 5.99. The number of nitrogens with zero attached hydrogens (tertiary/aromatic N) is 14. The Labute approximate surface area is 320 Å². The van der Waals surface area contributed by atoms with Crippen molar-refractivity contribution in [2.75, 3.05) is 0 Å². The topological polar surface area (TPSA) is 139 Å². The van der Waals surface area contributed by atoms with E-state index in [1.54, 1.807) is 0 Å². The van der Waals surface area contributed by atoms with E-state index in [1.165, 1.54) is 0 Å². The zero-order valence-electron chi connectivity index (χ0n) is 32.1. The molecule has 276 valence electrons. The van der Waals surface area contributed by atoms with Crippen molar-refractivity contribution in [3.8, 4) is 5.82 Å². The van der Waals surface area contributed by atoms with E-state index in [2.05, 4.69) is 93.3 Å². The van der Waals surface area contributed by atoms with Crippen molar-refractivity contribution in [2.24, 2.45) is 14.1 Å². The summed E-state index contributed by atoms with van der Waals surface area (Å²) >= 11 is 0. The quantitative estimate of drug-likeness (QED) is 0.180. The molecule has 8 heterocycles. The highest BCUT2D eigenvalue weighted by molar-refractivity contribution is 6.03. The van der Waals surface area contributed by atoms with Gasteiger partial charge < -0.3 is 9.13 Å². The molecule has 0 spiro atoms. The van der Waals surface area contributed by atoms with Crippen LogP contribution < -0.4 is 4.57 Å². The second-order valence-corrected chi connectivity index (χ2v) is 15.2. The molecule has 2 aromatic carbocycles. The van der Waals surface area contributed by atoms with E-state index in [0.29, 0.717) is 0 Å². The van der Waals surface area contributed by atoms with Gasteiger partial charge in [0.1, 0.15) is 28.4 Å². The van der Waals surface area contributed by atoms with Gasteiger partial charge in [-0.1, -0.05) is 0 Å². The SMILES string of the molecule is Cc1ncc(C)n2nc(C3CC3c3nc4c5ccc[n+](-c6nc(C)c7nc(CCCc8nc9c%10cccnc%10ccc9n8C)nn7c6C)c5ccc4n3C)nc12. The highest BCUT2D eigenvalue weighted by Crippen LogP contribution is 2.53. The van der Waals surface area contributed by atoms with Crippen LogP contribution in [0.2, 0.25) is 0 Å². The first kappa shape index (κ1) is 32.7. The van der Waals surface area contributed by atoms with Crippen molar-refractivity contribution in [3.05, 3.63) is 113 Å². The molecule has 0 amide bonds. The first-order valence-corrected chi connectivity index (χ1v) is 19.1. The lowest BCUT2D eigenvalue weighted by Crippen LogP contribution is -2.34. The minimum absolute atomic E-state index is 0.225. The van der Waals surface area contributed by atoms with Crippen LogP contribution in [0.4, 0.5) is 0 Å². The molecule has 1 saturated carbocycles. The fourth-order valence-electron chi connectivity index (χ4n) is 8.54. The molecule has 11 rings (SSSR count). The molecule has 0 radical (unpaired) electrons. The van der Waals surface area contributed by atoms with Crippen LogP contribution in [0.25, 0.3) is 61.0 Å². The zero-order chi connectivity index (χ0) is 38.0. The molecule has 14 nitrogen and oxygen atoms in total. The monoisotopic (exact) mass is 739 g/mol. The minimum Gasteiger partial charge on any atom is -0.331 e. The van der Waals surface area contributed by atoms with Gasteiger partial charge in [0.25, 0.3) is 0 Å². The van der Waals surface area contributed by atoms with Crippen LogP contribution in [0.3, 0.4) is 0 Å². The maximum atomic E-state index is 5.29. The Hall–Kier alpha value is -6.70. The summed E-state index contributed by atoms with van der Waals surface area (Å²) in [6, 6.07) is 16.8. The highest BCUT2D eigenvalue weighted by atomic mass is 15.3. The van der Waals surface area contributed by atoms with Crippen LogP contribution in [0.5, 0.6) is 0 Å². The van der Waals surface area contributed by atoms with E-state index in [9.17, 15) is 0 Å². The summed E-state index contributed by atoms with van der Waals surface area (Å²) in [5.41, 5.74) is 11.4.